The summed E-state index contributed by atoms with van der Waals surface area (Å²) in [6, 6.07) is 0. The lowest BCUT2D eigenvalue weighted by atomic mass is 10.1. The molecule has 20 heavy (non-hydrogen) atoms. The Morgan fingerprint density at radius 2 is 1.95 bits per heavy atom. The van der Waals surface area contributed by atoms with Gasteiger partial charge in [0.15, 0.2) is 0 Å². The maximum atomic E-state index is 13.0. The Kier molecular flexibility index (Phi) is 4.85. The molecule has 112 valence electrons. The van der Waals surface area contributed by atoms with Crippen LogP contribution in [-0.4, -0.2) is 25.2 Å². The molecule has 1 aromatic rings. The summed E-state index contributed by atoms with van der Waals surface area (Å²) >= 11 is 0. The van der Waals surface area contributed by atoms with E-state index >= 15 is 0 Å². The summed E-state index contributed by atoms with van der Waals surface area (Å²) in [6.07, 6.45) is -8.50. The van der Waals surface area contributed by atoms with Crippen molar-refractivity contribution < 1.29 is 36.2 Å². The van der Waals surface area contributed by atoms with Crippen LogP contribution < -0.4 is 4.74 Å². The third-order valence-electron chi connectivity index (χ3n) is 2.42. The Labute approximate surface area is 110 Å². The molecule has 0 saturated carbocycles. The van der Waals surface area contributed by atoms with Crippen molar-refractivity contribution in [3.05, 3.63) is 23.0 Å². The topological polar surface area (TPSA) is 48.4 Å². The van der Waals surface area contributed by atoms with E-state index in [4.69, 9.17) is 0 Å². The first kappa shape index (κ1) is 16.1. The van der Waals surface area contributed by atoms with Crippen LogP contribution in [-0.2, 0) is 22.1 Å². The number of halogens is 5. The predicted molar refractivity (Wildman–Crippen MR) is 56.5 cm³/mol. The molecule has 0 unspecified atom stereocenters. The number of aromatic nitrogens is 1. The second-order valence-electron chi connectivity index (χ2n) is 3.62. The molecule has 0 N–H and O–H groups in total. The van der Waals surface area contributed by atoms with E-state index in [0.29, 0.717) is 6.20 Å². The predicted octanol–water partition coefficient (Wildman–Crippen LogP) is 2.76. The van der Waals surface area contributed by atoms with E-state index in [1.807, 2.05) is 0 Å². The lowest BCUT2D eigenvalue weighted by Gasteiger charge is -2.17. The number of hydrogen-bond acceptors (Lipinski definition) is 4. The first-order valence-electron chi connectivity index (χ1n) is 5.20. The van der Waals surface area contributed by atoms with Gasteiger partial charge in [0.25, 0.3) is 6.43 Å². The van der Waals surface area contributed by atoms with E-state index in [1.165, 1.54) is 0 Å². The highest BCUT2D eigenvalue weighted by molar-refractivity contribution is 5.72. The number of esters is 1. The van der Waals surface area contributed by atoms with Crippen LogP contribution in [0.3, 0.4) is 0 Å². The maximum absolute atomic E-state index is 13.0. The molecule has 0 aliphatic rings. The van der Waals surface area contributed by atoms with E-state index in [9.17, 15) is 26.7 Å². The molecule has 0 radical (unpaired) electrons. The number of carbonyl (C=O) groups excluding carboxylic acids is 1. The Bertz CT molecular complexity index is 502. The highest BCUT2D eigenvalue weighted by atomic mass is 19.4. The average molecular weight is 299 g/mol. The summed E-state index contributed by atoms with van der Waals surface area (Å²) in [5.74, 6) is -1.94. The normalized spacial score (nSPS) is 11.6. The molecular weight excluding hydrogens is 289 g/mol. The zero-order valence-corrected chi connectivity index (χ0v) is 10.4. The van der Waals surface area contributed by atoms with Gasteiger partial charge in [0, 0.05) is 6.20 Å². The number of carbonyl (C=O) groups is 1. The monoisotopic (exact) mass is 299 g/mol. The van der Waals surface area contributed by atoms with Gasteiger partial charge in [-0.3, -0.25) is 9.78 Å². The van der Waals surface area contributed by atoms with Crippen LogP contribution >= 0.6 is 0 Å². The zero-order valence-electron chi connectivity index (χ0n) is 10.4. The van der Waals surface area contributed by atoms with Gasteiger partial charge in [0.05, 0.1) is 31.9 Å². The van der Waals surface area contributed by atoms with E-state index in [-0.39, 0.29) is 0 Å². The van der Waals surface area contributed by atoms with Crippen molar-refractivity contribution in [2.75, 3.05) is 14.2 Å². The molecule has 0 bridgehead atoms. The van der Waals surface area contributed by atoms with Gasteiger partial charge in [-0.25, -0.2) is 8.78 Å². The van der Waals surface area contributed by atoms with Gasteiger partial charge in [-0.2, -0.15) is 13.2 Å². The molecule has 0 saturated heterocycles. The average Bonchev–Trinajstić information content (AvgIpc) is 2.35. The second-order valence-corrected chi connectivity index (χ2v) is 3.62. The molecule has 0 spiro atoms. The van der Waals surface area contributed by atoms with E-state index in [0.717, 1.165) is 14.2 Å². The summed E-state index contributed by atoms with van der Waals surface area (Å²) in [5, 5.41) is 0. The van der Waals surface area contributed by atoms with Crippen LogP contribution in [0, 0.1) is 0 Å². The SMILES string of the molecule is COC(=O)Cc1ncc(C(F)(F)F)c(OC)c1C(F)F. The van der Waals surface area contributed by atoms with Gasteiger partial charge in [-0.1, -0.05) is 0 Å². The molecule has 0 atom stereocenters. The molecule has 4 nitrogen and oxygen atoms in total. The van der Waals surface area contributed by atoms with Crippen LogP contribution in [0.1, 0.15) is 23.2 Å². The summed E-state index contributed by atoms with van der Waals surface area (Å²) in [7, 11) is 1.85. The highest BCUT2D eigenvalue weighted by Crippen LogP contribution is 2.41. The minimum absolute atomic E-state index is 0.350. The first-order chi connectivity index (χ1) is 9.22. The van der Waals surface area contributed by atoms with Gasteiger partial charge >= 0.3 is 12.1 Å². The molecule has 1 rings (SSSR count). The summed E-state index contributed by atoms with van der Waals surface area (Å²) in [4.78, 5) is 14.3. The second kappa shape index (κ2) is 6.02. The number of rotatable bonds is 4. The van der Waals surface area contributed by atoms with Crippen LogP contribution in [0.5, 0.6) is 5.75 Å². The summed E-state index contributed by atoms with van der Waals surface area (Å²) in [5.41, 5.74) is -3.01. The maximum Gasteiger partial charge on any atom is 0.421 e. The Hall–Kier alpha value is -1.93. The molecular formula is C11H10F5NO3. The quantitative estimate of drug-likeness (QED) is 0.633. The van der Waals surface area contributed by atoms with Crippen molar-refractivity contribution in [2.45, 2.75) is 19.0 Å². The van der Waals surface area contributed by atoms with Crippen molar-refractivity contribution in [3.8, 4) is 5.75 Å². The van der Waals surface area contributed by atoms with Gasteiger partial charge < -0.3 is 9.47 Å². The van der Waals surface area contributed by atoms with Crippen molar-refractivity contribution in [1.29, 1.82) is 0 Å². The fraction of sp³-hybridized carbons (Fsp3) is 0.455. The van der Waals surface area contributed by atoms with Gasteiger partial charge in [-0.05, 0) is 0 Å². The molecule has 0 amide bonds. The lowest BCUT2D eigenvalue weighted by Crippen LogP contribution is -2.15. The number of ether oxygens (including phenoxy) is 2. The lowest BCUT2D eigenvalue weighted by molar-refractivity contribution is -0.139. The van der Waals surface area contributed by atoms with Crippen LogP contribution in [0.25, 0.3) is 0 Å². The first-order valence-corrected chi connectivity index (χ1v) is 5.20. The zero-order chi connectivity index (χ0) is 15.5. The molecule has 0 aliphatic heterocycles. The summed E-state index contributed by atoms with van der Waals surface area (Å²) < 4.78 is 72.7. The smallest absolute Gasteiger partial charge is 0.421 e. The Morgan fingerprint density at radius 3 is 2.35 bits per heavy atom. The van der Waals surface area contributed by atoms with Gasteiger partial charge in [0.2, 0.25) is 0 Å². The minimum atomic E-state index is -4.90. The molecule has 1 heterocycles. The molecule has 0 aliphatic carbocycles. The Balaban J connectivity index is 3.46. The molecule has 9 heteroatoms. The largest absolute Gasteiger partial charge is 0.495 e. The molecule has 1 aromatic heterocycles. The highest BCUT2D eigenvalue weighted by Gasteiger charge is 2.38. The van der Waals surface area contributed by atoms with Crippen LogP contribution in [0.2, 0.25) is 0 Å². The number of nitrogens with zero attached hydrogens (tertiary/aromatic N) is 1. The standard InChI is InChI=1S/C11H10F5NO3/c1-19-7(18)3-6-8(10(12)13)9(20-2)5(4-17-6)11(14,15)16/h4,10H,3H2,1-2H3. The number of alkyl halides is 5. The molecule has 0 aromatic carbocycles. The van der Waals surface area contributed by atoms with Gasteiger partial charge in [0.1, 0.15) is 11.3 Å². The fourth-order valence-electron chi connectivity index (χ4n) is 1.54. The van der Waals surface area contributed by atoms with E-state index in [2.05, 4.69) is 14.5 Å². The Morgan fingerprint density at radius 1 is 1.35 bits per heavy atom. The van der Waals surface area contributed by atoms with Crippen molar-refractivity contribution in [2.24, 2.45) is 0 Å². The van der Waals surface area contributed by atoms with Crippen molar-refractivity contribution in [3.63, 3.8) is 0 Å². The van der Waals surface area contributed by atoms with E-state index in [1.54, 1.807) is 0 Å². The number of pyridine rings is 1. The van der Waals surface area contributed by atoms with Gasteiger partial charge in [-0.15, -0.1) is 0 Å². The van der Waals surface area contributed by atoms with E-state index < -0.39 is 47.6 Å². The van der Waals surface area contributed by atoms with Crippen molar-refractivity contribution >= 4 is 5.97 Å². The fourth-order valence-corrected chi connectivity index (χ4v) is 1.54. The third-order valence-corrected chi connectivity index (χ3v) is 2.42. The summed E-state index contributed by atoms with van der Waals surface area (Å²) in [6.45, 7) is 0. The van der Waals surface area contributed by atoms with Crippen LogP contribution in [0.15, 0.2) is 6.20 Å². The number of methoxy groups -OCH3 is 2. The third kappa shape index (κ3) is 3.34. The molecule has 0 fully saturated rings. The number of hydrogen-bond donors (Lipinski definition) is 0. The minimum Gasteiger partial charge on any atom is -0.495 e. The van der Waals surface area contributed by atoms with Crippen molar-refractivity contribution in [1.82, 2.24) is 4.98 Å². The van der Waals surface area contributed by atoms with Crippen LogP contribution in [0.4, 0.5) is 22.0 Å².